The van der Waals surface area contributed by atoms with Gasteiger partial charge in [-0.2, -0.15) is 13.2 Å². The Balaban J connectivity index is 2.34. The molecule has 0 saturated heterocycles. The molecule has 2 rings (SSSR count). The quantitative estimate of drug-likeness (QED) is 0.485. The Kier molecular flexibility index (Phi) is 4.22. The molecule has 1 aromatic carbocycles. The molecule has 0 aliphatic carbocycles. The van der Waals surface area contributed by atoms with Crippen molar-refractivity contribution in [2.24, 2.45) is 10.7 Å². The fourth-order valence-corrected chi connectivity index (χ4v) is 2.77. The zero-order valence-electron chi connectivity index (χ0n) is 9.99. The first-order valence-corrected chi connectivity index (χ1v) is 7.23. The smallest absolute Gasteiger partial charge is 0.370 e. The van der Waals surface area contributed by atoms with E-state index in [0.717, 1.165) is 6.07 Å². The molecule has 1 atom stereocenters. The van der Waals surface area contributed by atoms with E-state index in [1.807, 2.05) is 0 Å². The van der Waals surface area contributed by atoms with E-state index in [1.165, 1.54) is 12.1 Å². The van der Waals surface area contributed by atoms with Gasteiger partial charge in [0.05, 0.1) is 16.7 Å². The lowest BCUT2D eigenvalue weighted by Gasteiger charge is -2.31. The predicted molar refractivity (Wildman–Crippen MR) is 76.3 cm³/mol. The van der Waals surface area contributed by atoms with Gasteiger partial charge in [-0.3, -0.25) is 4.99 Å². The highest BCUT2D eigenvalue weighted by atomic mass is 127. The van der Waals surface area contributed by atoms with Crippen molar-refractivity contribution >= 4 is 28.6 Å². The zero-order valence-corrected chi connectivity index (χ0v) is 12.1. The fraction of sp³-hybridized carbons (Fsp3) is 0.417. The number of nitrogens with zero attached hydrogens (tertiary/aromatic N) is 2. The normalized spacial score (nSPS) is 20.3. The first-order valence-electron chi connectivity index (χ1n) is 5.70. The number of aliphatic imine (C=N–C) groups is 1. The highest BCUT2D eigenvalue weighted by molar-refractivity contribution is 14.1. The summed E-state index contributed by atoms with van der Waals surface area (Å²) >= 11 is 2.12. The molecule has 3 nitrogen and oxygen atoms in total. The third-order valence-electron chi connectivity index (χ3n) is 3.09. The molecule has 1 aliphatic rings. The molecule has 1 aromatic rings. The Morgan fingerprint density at radius 3 is 2.68 bits per heavy atom. The first-order chi connectivity index (χ1) is 8.93. The minimum atomic E-state index is -4.33. The molecule has 0 amide bonds. The van der Waals surface area contributed by atoms with Crippen LogP contribution in [-0.2, 0) is 6.18 Å². The summed E-state index contributed by atoms with van der Waals surface area (Å²) in [4.78, 5) is 5.89. The number of hydrogen-bond acceptors (Lipinski definition) is 3. The van der Waals surface area contributed by atoms with Gasteiger partial charge in [-0.15, -0.1) is 0 Å². The number of benzene rings is 1. The van der Waals surface area contributed by atoms with Crippen molar-refractivity contribution in [1.82, 2.24) is 4.90 Å². The molecule has 19 heavy (non-hydrogen) atoms. The third kappa shape index (κ3) is 3.13. The maximum absolute atomic E-state index is 13.0. The summed E-state index contributed by atoms with van der Waals surface area (Å²) in [6.45, 7) is 0.761. The second-order valence-electron chi connectivity index (χ2n) is 4.32. The summed E-state index contributed by atoms with van der Waals surface area (Å²) in [6, 6.07) is 5.67. The lowest BCUT2D eigenvalue weighted by atomic mass is 9.92. The lowest BCUT2D eigenvalue weighted by molar-refractivity contribution is -0.138. The molecule has 1 heterocycles. The van der Waals surface area contributed by atoms with E-state index >= 15 is 0 Å². The minimum absolute atomic E-state index is 0.278. The molecule has 0 fully saturated rings. The van der Waals surface area contributed by atoms with E-state index in [9.17, 15) is 13.2 Å². The number of halogens is 4. The van der Waals surface area contributed by atoms with Crippen LogP contribution in [0.3, 0.4) is 0 Å². The minimum Gasteiger partial charge on any atom is -0.370 e. The van der Waals surface area contributed by atoms with Crippen molar-refractivity contribution in [3.05, 3.63) is 35.4 Å². The van der Waals surface area contributed by atoms with Crippen LogP contribution in [-0.4, -0.2) is 28.5 Å². The molecule has 7 heteroatoms. The maximum Gasteiger partial charge on any atom is 0.416 e. The van der Waals surface area contributed by atoms with E-state index in [4.69, 9.17) is 5.73 Å². The van der Waals surface area contributed by atoms with Gasteiger partial charge in [0.15, 0.2) is 5.96 Å². The van der Waals surface area contributed by atoms with E-state index in [2.05, 4.69) is 27.6 Å². The highest BCUT2D eigenvalue weighted by Gasteiger charge is 2.36. The molecule has 1 unspecified atom stereocenters. The SMILES string of the molecule is NC1=NCC(c2ccccc2C(F)(F)F)CN1CI. The first kappa shape index (κ1) is 14.4. The van der Waals surface area contributed by atoms with Gasteiger partial charge in [-0.05, 0) is 11.6 Å². The Labute approximate surface area is 122 Å². The molecule has 0 spiro atoms. The van der Waals surface area contributed by atoms with Gasteiger partial charge in [0, 0.05) is 12.5 Å². The standard InChI is InChI=1S/C12H13F3IN3/c13-12(14,15)10-4-2-1-3-9(10)8-5-18-11(17)19(6-8)7-16/h1-4,8H,5-7H2,(H2,17,18). The summed E-state index contributed by atoms with van der Waals surface area (Å²) in [7, 11) is 0. The topological polar surface area (TPSA) is 41.6 Å². The van der Waals surface area contributed by atoms with Crippen LogP contribution in [0.25, 0.3) is 0 Å². The van der Waals surface area contributed by atoms with Crippen LogP contribution in [0.2, 0.25) is 0 Å². The summed E-state index contributed by atoms with van der Waals surface area (Å²) in [5, 5.41) is 0. The van der Waals surface area contributed by atoms with Crippen molar-refractivity contribution < 1.29 is 13.2 Å². The van der Waals surface area contributed by atoms with Crippen LogP contribution < -0.4 is 5.73 Å². The summed E-state index contributed by atoms with van der Waals surface area (Å²) in [6.07, 6.45) is -4.33. The van der Waals surface area contributed by atoms with E-state index < -0.39 is 11.7 Å². The number of hydrogen-bond donors (Lipinski definition) is 1. The second-order valence-corrected chi connectivity index (χ2v) is 5.01. The van der Waals surface area contributed by atoms with Crippen molar-refractivity contribution in [1.29, 1.82) is 0 Å². The van der Waals surface area contributed by atoms with Gasteiger partial charge in [0.2, 0.25) is 0 Å². The molecule has 0 saturated carbocycles. The second kappa shape index (κ2) is 5.56. The van der Waals surface area contributed by atoms with Crippen LogP contribution in [0, 0.1) is 0 Å². The number of guanidine groups is 1. The Morgan fingerprint density at radius 2 is 2.05 bits per heavy atom. The van der Waals surface area contributed by atoms with Crippen molar-refractivity contribution in [3.63, 3.8) is 0 Å². The Bertz CT molecular complexity index is 487. The molecule has 0 radical (unpaired) electrons. The molecule has 2 N–H and O–H groups in total. The molecule has 104 valence electrons. The molecule has 0 bridgehead atoms. The van der Waals surface area contributed by atoms with Crippen LogP contribution >= 0.6 is 22.6 Å². The van der Waals surface area contributed by atoms with E-state index in [0.29, 0.717) is 29.2 Å². The molecule has 1 aliphatic heterocycles. The number of alkyl halides is 4. The van der Waals surface area contributed by atoms with Gasteiger partial charge < -0.3 is 10.6 Å². The summed E-state index contributed by atoms with van der Waals surface area (Å²) in [5.74, 6) is 0.120. The molecular weight excluding hydrogens is 370 g/mol. The number of rotatable bonds is 2. The van der Waals surface area contributed by atoms with Gasteiger partial charge in [-0.25, -0.2) is 0 Å². The molecular formula is C12H13F3IN3. The van der Waals surface area contributed by atoms with Crippen molar-refractivity contribution in [2.45, 2.75) is 12.1 Å². The van der Waals surface area contributed by atoms with Crippen LogP contribution in [0.5, 0.6) is 0 Å². The van der Waals surface area contributed by atoms with Gasteiger partial charge in [0.25, 0.3) is 0 Å². The van der Waals surface area contributed by atoms with Gasteiger partial charge in [0.1, 0.15) is 0 Å². The predicted octanol–water partition coefficient (Wildman–Crippen LogP) is 2.81. The fourth-order valence-electron chi connectivity index (χ4n) is 2.14. The van der Waals surface area contributed by atoms with Crippen LogP contribution in [0.4, 0.5) is 13.2 Å². The van der Waals surface area contributed by atoms with Gasteiger partial charge >= 0.3 is 6.18 Å². The summed E-state index contributed by atoms with van der Waals surface area (Å²) in [5.41, 5.74) is 5.42. The van der Waals surface area contributed by atoms with Crippen molar-refractivity contribution in [2.75, 3.05) is 17.6 Å². The monoisotopic (exact) mass is 383 g/mol. The van der Waals surface area contributed by atoms with Crippen LogP contribution in [0.15, 0.2) is 29.3 Å². The number of nitrogens with two attached hydrogens (primary N) is 1. The Hall–Kier alpha value is -0.990. The molecule has 0 aromatic heterocycles. The largest absolute Gasteiger partial charge is 0.416 e. The summed E-state index contributed by atoms with van der Waals surface area (Å²) < 4.78 is 39.6. The van der Waals surface area contributed by atoms with Crippen LogP contribution in [0.1, 0.15) is 17.0 Å². The average molecular weight is 383 g/mol. The van der Waals surface area contributed by atoms with Crippen molar-refractivity contribution in [3.8, 4) is 0 Å². The maximum atomic E-state index is 13.0. The Morgan fingerprint density at radius 1 is 1.37 bits per heavy atom. The van der Waals surface area contributed by atoms with Gasteiger partial charge in [-0.1, -0.05) is 40.8 Å². The third-order valence-corrected chi connectivity index (χ3v) is 3.91. The zero-order chi connectivity index (χ0) is 14.0. The average Bonchev–Trinajstić information content (AvgIpc) is 2.38. The lowest BCUT2D eigenvalue weighted by Crippen LogP contribution is -2.43. The highest BCUT2D eigenvalue weighted by Crippen LogP contribution is 2.36. The van der Waals surface area contributed by atoms with E-state index in [1.54, 1.807) is 11.0 Å². The van der Waals surface area contributed by atoms with E-state index in [-0.39, 0.29) is 5.92 Å².